The molecule has 0 aromatic carbocycles. The van der Waals surface area contributed by atoms with E-state index in [9.17, 15) is 0 Å². The van der Waals surface area contributed by atoms with Crippen molar-refractivity contribution < 1.29 is 0 Å². The highest BCUT2D eigenvalue weighted by Crippen LogP contribution is 2.29. The molecule has 1 aliphatic heterocycles. The molecule has 0 radical (unpaired) electrons. The van der Waals surface area contributed by atoms with Crippen LogP contribution in [0.1, 0.15) is 39.0 Å². The fraction of sp³-hybridized carbons (Fsp3) is 0.800. The standard InChI is InChI=1S/C10H17N3/c1-7-6-9(12-13-10(7)11)8-4-2-3-5-8/h7-8H,2-6H2,1H3,(H2,11,13). The van der Waals surface area contributed by atoms with E-state index in [-0.39, 0.29) is 0 Å². The van der Waals surface area contributed by atoms with Gasteiger partial charge in [0.25, 0.3) is 0 Å². The van der Waals surface area contributed by atoms with Crippen molar-refractivity contribution in [2.75, 3.05) is 0 Å². The summed E-state index contributed by atoms with van der Waals surface area (Å²) in [5.41, 5.74) is 4.14. The molecule has 2 rings (SSSR count). The summed E-state index contributed by atoms with van der Waals surface area (Å²) in [6, 6.07) is 0. The molecule has 1 unspecified atom stereocenters. The molecule has 0 aromatic heterocycles. The summed E-state index contributed by atoms with van der Waals surface area (Å²) in [6.45, 7) is 2.10. The summed E-state index contributed by atoms with van der Waals surface area (Å²) >= 11 is 0. The molecule has 2 N–H and O–H groups in total. The fourth-order valence-corrected chi connectivity index (χ4v) is 2.22. The SMILES string of the molecule is CC1CC(C2CCCC2)=NNC1=N. The summed E-state index contributed by atoms with van der Waals surface area (Å²) in [6.07, 6.45) is 6.32. The van der Waals surface area contributed by atoms with Gasteiger partial charge in [0, 0.05) is 11.6 Å². The van der Waals surface area contributed by atoms with Gasteiger partial charge < -0.3 is 0 Å². The van der Waals surface area contributed by atoms with E-state index in [0.29, 0.717) is 17.7 Å². The molecule has 3 heteroatoms. The highest BCUT2D eigenvalue weighted by atomic mass is 15.3. The smallest absolute Gasteiger partial charge is 0.117 e. The predicted octanol–water partition coefficient (Wildman–Crippen LogP) is 2.14. The first-order chi connectivity index (χ1) is 6.27. The normalized spacial score (nSPS) is 30.1. The van der Waals surface area contributed by atoms with Gasteiger partial charge in [-0.3, -0.25) is 10.8 Å². The van der Waals surface area contributed by atoms with Gasteiger partial charge in [-0.1, -0.05) is 19.8 Å². The minimum Gasteiger partial charge on any atom is -0.287 e. The third-order valence-corrected chi connectivity index (χ3v) is 3.15. The van der Waals surface area contributed by atoms with Crippen LogP contribution in [-0.2, 0) is 0 Å². The number of nitrogens with zero attached hydrogens (tertiary/aromatic N) is 1. The Balaban J connectivity index is 2.03. The lowest BCUT2D eigenvalue weighted by atomic mass is 9.92. The Hall–Kier alpha value is -0.860. The maximum absolute atomic E-state index is 7.54. The summed E-state index contributed by atoms with van der Waals surface area (Å²) < 4.78 is 0. The van der Waals surface area contributed by atoms with E-state index >= 15 is 0 Å². The van der Waals surface area contributed by atoms with Crippen molar-refractivity contribution in [3.05, 3.63) is 0 Å². The maximum atomic E-state index is 7.54. The van der Waals surface area contributed by atoms with Crippen molar-refractivity contribution in [2.24, 2.45) is 16.9 Å². The van der Waals surface area contributed by atoms with E-state index in [1.54, 1.807) is 0 Å². The zero-order valence-corrected chi connectivity index (χ0v) is 8.14. The van der Waals surface area contributed by atoms with Gasteiger partial charge in [0.05, 0.1) is 0 Å². The molecule has 1 saturated carbocycles. The number of rotatable bonds is 1. The number of amidine groups is 1. The average molecular weight is 179 g/mol. The number of hydrogen-bond acceptors (Lipinski definition) is 2. The number of hydrogen-bond donors (Lipinski definition) is 2. The van der Waals surface area contributed by atoms with Gasteiger partial charge in [-0.25, -0.2) is 0 Å². The van der Waals surface area contributed by atoms with E-state index in [2.05, 4.69) is 17.5 Å². The third-order valence-electron chi connectivity index (χ3n) is 3.15. The first-order valence-electron chi connectivity index (χ1n) is 5.18. The summed E-state index contributed by atoms with van der Waals surface area (Å²) in [7, 11) is 0. The lowest BCUT2D eigenvalue weighted by Gasteiger charge is -2.23. The monoisotopic (exact) mass is 179 g/mol. The van der Waals surface area contributed by atoms with Crippen molar-refractivity contribution in [1.29, 1.82) is 5.41 Å². The minimum absolute atomic E-state index is 0.341. The van der Waals surface area contributed by atoms with Gasteiger partial charge >= 0.3 is 0 Å². The average Bonchev–Trinajstić information content (AvgIpc) is 2.62. The third kappa shape index (κ3) is 1.74. The maximum Gasteiger partial charge on any atom is 0.117 e. The molecule has 3 nitrogen and oxygen atoms in total. The Labute approximate surface area is 79.1 Å². The van der Waals surface area contributed by atoms with Gasteiger partial charge in [-0.05, 0) is 25.2 Å². The van der Waals surface area contributed by atoms with Gasteiger partial charge in [0.15, 0.2) is 0 Å². The van der Waals surface area contributed by atoms with Gasteiger partial charge in [0.1, 0.15) is 5.84 Å². The van der Waals surface area contributed by atoms with Crippen molar-refractivity contribution in [3.8, 4) is 0 Å². The second-order valence-electron chi connectivity index (χ2n) is 4.22. The lowest BCUT2D eigenvalue weighted by molar-refractivity contribution is 0.640. The highest BCUT2D eigenvalue weighted by Gasteiger charge is 2.26. The molecule has 1 fully saturated rings. The van der Waals surface area contributed by atoms with Crippen LogP contribution in [0.3, 0.4) is 0 Å². The second-order valence-corrected chi connectivity index (χ2v) is 4.22. The van der Waals surface area contributed by atoms with Crippen LogP contribution in [0.25, 0.3) is 0 Å². The molecule has 72 valence electrons. The number of nitrogens with one attached hydrogen (secondary N) is 2. The quantitative estimate of drug-likeness (QED) is 0.636. The van der Waals surface area contributed by atoms with E-state index in [1.807, 2.05) is 0 Å². The van der Waals surface area contributed by atoms with Crippen LogP contribution in [0.4, 0.5) is 0 Å². The van der Waals surface area contributed by atoms with Crippen LogP contribution in [-0.4, -0.2) is 11.5 Å². The van der Waals surface area contributed by atoms with Crippen molar-refractivity contribution in [1.82, 2.24) is 5.43 Å². The number of hydrazone groups is 1. The molecular formula is C10H17N3. The Bertz CT molecular complexity index is 239. The minimum atomic E-state index is 0.341. The van der Waals surface area contributed by atoms with E-state index < -0.39 is 0 Å². The molecule has 2 aliphatic rings. The van der Waals surface area contributed by atoms with Crippen molar-refractivity contribution >= 4 is 11.5 Å². The van der Waals surface area contributed by atoms with E-state index in [0.717, 1.165) is 6.42 Å². The van der Waals surface area contributed by atoms with E-state index in [4.69, 9.17) is 5.41 Å². The molecule has 1 heterocycles. The second kappa shape index (κ2) is 3.48. The van der Waals surface area contributed by atoms with E-state index in [1.165, 1.54) is 31.4 Å². The van der Waals surface area contributed by atoms with Crippen molar-refractivity contribution in [3.63, 3.8) is 0 Å². The van der Waals surface area contributed by atoms with Crippen molar-refractivity contribution in [2.45, 2.75) is 39.0 Å². The topological polar surface area (TPSA) is 48.2 Å². The van der Waals surface area contributed by atoms with Crippen LogP contribution >= 0.6 is 0 Å². The van der Waals surface area contributed by atoms with Gasteiger partial charge in [-0.15, -0.1) is 0 Å². The largest absolute Gasteiger partial charge is 0.287 e. The summed E-state index contributed by atoms with van der Waals surface area (Å²) in [5, 5.41) is 11.8. The first-order valence-corrected chi connectivity index (χ1v) is 5.18. The van der Waals surface area contributed by atoms with Gasteiger partial charge in [0.2, 0.25) is 0 Å². The van der Waals surface area contributed by atoms with Crippen LogP contribution in [0.2, 0.25) is 0 Å². The Kier molecular flexibility index (Phi) is 2.34. The molecule has 0 spiro atoms. The first kappa shape index (κ1) is 8.73. The molecule has 1 atom stereocenters. The lowest BCUT2D eigenvalue weighted by Crippen LogP contribution is -2.34. The van der Waals surface area contributed by atoms with Crippen LogP contribution < -0.4 is 5.43 Å². The molecule has 0 amide bonds. The van der Waals surface area contributed by atoms with Gasteiger partial charge in [-0.2, -0.15) is 5.10 Å². The Morgan fingerprint density at radius 2 is 2.08 bits per heavy atom. The highest BCUT2D eigenvalue weighted by molar-refractivity contribution is 5.96. The Morgan fingerprint density at radius 1 is 1.38 bits per heavy atom. The molecule has 13 heavy (non-hydrogen) atoms. The molecule has 1 aliphatic carbocycles. The zero-order valence-electron chi connectivity index (χ0n) is 8.14. The van der Waals surface area contributed by atoms with Crippen LogP contribution in [0, 0.1) is 17.2 Å². The van der Waals surface area contributed by atoms with Crippen LogP contribution in [0.15, 0.2) is 5.10 Å². The summed E-state index contributed by atoms with van der Waals surface area (Å²) in [5.74, 6) is 1.62. The Morgan fingerprint density at radius 3 is 2.69 bits per heavy atom. The zero-order chi connectivity index (χ0) is 9.26. The summed E-state index contributed by atoms with van der Waals surface area (Å²) in [4.78, 5) is 0. The van der Waals surface area contributed by atoms with Crippen LogP contribution in [0.5, 0.6) is 0 Å². The predicted molar refractivity (Wildman–Crippen MR) is 54.0 cm³/mol. The molecule has 0 aromatic rings. The molecule has 0 saturated heterocycles. The molecule has 0 bridgehead atoms. The molecular weight excluding hydrogens is 162 g/mol. The fourth-order valence-electron chi connectivity index (χ4n) is 2.22.